The van der Waals surface area contributed by atoms with E-state index >= 15 is 0 Å². The molecule has 0 heterocycles. The summed E-state index contributed by atoms with van der Waals surface area (Å²) in [4.78, 5) is 5.12. The van der Waals surface area contributed by atoms with Crippen LogP contribution in [0.3, 0.4) is 0 Å². The normalized spacial score (nSPS) is 13.3. The van der Waals surface area contributed by atoms with Crippen molar-refractivity contribution in [3.05, 3.63) is 71.8 Å². The summed E-state index contributed by atoms with van der Waals surface area (Å²) in [6.45, 7) is 20.5. The van der Waals surface area contributed by atoms with Crippen molar-refractivity contribution in [2.24, 2.45) is 22.2 Å². The van der Waals surface area contributed by atoms with Gasteiger partial charge in [-0.05, 0) is 64.5 Å². The molecule has 0 spiro atoms. The van der Waals surface area contributed by atoms with E-state index in [4.69, 9.17) is 4.99 Å². The summed E-state index contributed by atoms with van der Waals surface area (Å²) >= 11 is 0. The minimum atomic E-state index is 0.0987. The summed E-state index contributed by atoms with van der Waals surface area (Å²) in [6.07, 6.45) is 4.52. The smallest absolute Gasteiger partial charge is 0.130 e. The quantitative estimate of drug-likeness (QED) is 0.336. The number of anilines is 1. The summed E-state index contributed by atoms with van der Waals surface area (Å²) in [6, 6.07) is 17.0. The molecule has 0 fully saturated rings. The average molecular weight is 419 g/mol. The first-order chi connectivity index (χ1) is 14.5. The second-order valence-electron chi connectivity index (χ2n) is 10.1. The highest BCUT2D eigenvalue weighted by molar-refractivity contribution is 6.05. The predicted octanol–water partition coefficient (Wildman–Crippen LogP) is 8.95. The van der Waals surface area contributed by atoms with Gasteiger partial charge in [0.2, 0.25) is 0 Å². The van der Waals surface area contributed by atoms with Crippen molar-refractivity contribution < 1.29 is 0 Å². The lowest BCUT2D eigenvalue weighted by Gasteiger charge is -2.35. The zero-order valence-corrected chi connectivity index (χ0v) is 21.0. The van der Waals surface area contributed by atoms with Crippen molar-refractivity contribution in [3.63, 3.8) is 0 Å². The second kappa shape index (κ2) is 10.8. The molecule has 0 saturated heterocycles. The number of benzene rings is 2. The van der Waals surface area contributed by atoms with E-state index in [2.05, 4.69) is 110 Å². The summed E-state index contributed by atoms with van der Waals surface area (Å²) < 4.78 is 0. The lowest BCUT2D eigenvalue weighted by Crippen LogP contribution is -2.27. The monoisotopic (exact) mass is 418 g/mol. The number of nitrogens with one attached hydrogen (secondary N) is 1. The van der Waals surface area contributed by atoms with Gasteiger partial charge in [0.1, 0.15) is 5.84 Å². The van der Waals surface area contributed by atoms with Crippen LogP contribution in [0.1, 0.15) is 85.3 Å². The number of allylic oxidation sites excluding steroid dienone is 1. The molecule has 2 nitrogen and oxygen atoms in total. The van der Waals surface area contributed by atoms with Gasteiger partial charge in [-0.1, -0.05) is 98.7 Å². The van der Waals surface area contributed by atoms with Crippen molar-refractivity contribution in [3.8, 4) is 0 Å². The molecule has 2 aromatic carbocycles. The topological polar surface area (TPSA) is 24.4 Å². The molecule has 0 atom stereocenters. The van der Waals surface area contributed by atoms with Crippen LogP contribution in [0.4, 0.5) is 11.4 Å². The van der Waals surface area contributed by atoms with Crippen molar-refractivity contribution in [2.75, 3.05) is 5.32 Å². The number of para-hydroxylation sites is 1. The van der Waals surface area contributed by atoms with Gasteiger partial charge in [-0.3, -0.25) is 0 Å². The SMILES string of the molecule is CC(C)c1ccc(N=C(/C=C/C(C)(C(C)C)C(C)C)Nc2ccccc2)c(C(C)C)c1. The fourth-order valence-electron chi connectivity index (χ4n) is 3.71. The lowest BCUT2D eigenvalue weighted by atomic mass is 9.70. The molecule has 0 aliphatic heterocycles. The standard InChI is InChI=1S/C29H42N2/c1-20(2)24-15-16-27(26(19-24)21(3)4)31-28(30-25-13-11-10-12-14-25)17-18-29(9,22(5)6)23(7)8/h10-23H,1-9H3,(H,30,31)/b18-17+. The largest absolute Gasteiger partial charge is 0.340 e. The molecule has 1 N–H and O–H groups in total. The van der Waals surface area contributed by atoms with Gasteiger partial charge in [0.25, 0.3) is 0 Å². The van der Waals surface area contributed by atoms with Crippen LogP contribution < -0.4 is 5.32 Å². The highest BCUT2D eigenvalue weighted by Crippen LogP contribution is 2.37. The molecular formula is C29H42N2. The average Bonchev–Trinajstić information content (AvgIpc) is 2.72. The summed E-state index contributed by atoms with van der Waals surface area (Å²) in [5.41, 5.74) is 4.84. The number of aliphatic imine (C=N–C) groups is 1. The first kappa shape index (κ1) is 24.9. The van der Waals surface area contributed by atoms with Crippen LogP contribution in [0, 0.1) is 17.3 Å². The van der Waals surface area contributed by atoms with Crippen LogP contribution >= 0.6 is 0 Å². The lowest BCUT2D eigenvalue weighted by molar-refractivity contribution is 0.207. The Labute approximate surface area is 190 Å². The maximum Gasteiger partial charge on any atom is 0.130 e. The minimum Gasteiger partial charge on any atom is -0.340 e. The van der Waals surface area contributed by atoms with Gasteiger partial charge in [0.15, 0.2) is 0 Å². The van der Waals surface area contributed by atoms with E-state index in [1.165, 1.54) is 11.1 Å². The molecule has 0 aromatic heterocycles. The number of hydrogen-bond donors (Lipinski definition) is 1. The molecule has 0 aliphatic carbocycles. The van der Waals surface area contributed by atoms with Gasteiger partial charge < -0.3 is 5.32 Å². The molecule has 168 valence electrons. The van der Waals surface area contributed by atoms with E-state index < -0.39 is 0 Å². The Hall–Kier alpha value is -2.35. The maximum atomic E-state index is 5.12. The van der Waals surface area contributed by atoms with E-state index in [1.807, 2.05) is 18.2 Å². The fourth-order valence-corrected chi connectivity index (χ4v) is 3.71. The first-order valence-electron chi connectivity index (χ1n) is 11.8. The minimum absolute atomic E-state index is 0.0987. The third-order valence-electron chi connectivity index (χ3n) is 6.72. The van der Waals surface area contributed by atoms with Crippen LogP contribution in [0.2, 0.25) is 0 Å². The Kier molecular flexibility index (Phi) is 8.68. The Balaban J connectivity index is 2.55. The van der Waals surface area contributed by atoms with Gasteiger partial charge in [-0.15, -0.1) is 0 Å². The molecule has 0 radical (unpaired) electrons. The van der Waals surface area contributed by atoms with Gasteiger partial charge in [0, 0.05) is 5.69 Å². The van der Waals surface area contributed by atoms with Crippen LogP contribution in [0.15, 0.2) is 65.7 Å². The highest BCUT2D eigenvalue weighted by Gasteiger charge is 2.29. The zero-order chi connectivity index (χ0) is 23.2. The van der Waals surface area contributed by atoms with Gasteiger partial charge in [-0.25, -0.2) is 4.99 Å². The van der Waals surface area contributed by atoms with Crippen molar-refractivity contribution in [2.45, 2.75) is 74.1 Å². The van der Waals surface area contributed by atoms with E-state index in [9.17, 15) is 0 Å². The molecule has 0 bridgehead atoms. The summed E-state index contributed by atoms with van der Waals surface area (Å²) in [5.74, 6) is 2.88. The van der Waals surface area contributed by atoms with Crippen molar-refractivity contribution in [1.82, 2.24) is 0 Å². The number of amidine groups is 1. The van der Waals surface area contributed by atoms with Crippen LogP contribution in [0.25, 0.3) is 0 Å². The third-order valence-corrected chi connectivity index (χ3v) is 6.72. The highest BCUT2D eigenvalue weighted by atomic mass is 15.0. The summed E-state index contributed by atoms with van der Waals surface area (Å²) in [5, 5.41) is 3.54. The Bertz CT molecular complexity index is 878. The number of rotatable bonds is 8. The molecule has 0 amide bonds. The second-order valence-corrected chi connectivity index (χ2v) is 10.1. The van der Waals surface area contributed by atoms with E-state index in [0.717, 1.165) is 17.2 Å². The molecule has 0 aliphatic rings. The Morgan fingerprint density at radius 2 is 1.45 bits per heavy atom. The Morgan fingerprint density at radius 3 is 1.97 bits per heavy atom. The van der Waals surface area contributed by atoms with Crippen LogP contribution in [-0.4, -0.2) is 5.84 Å². The van der Waals surface area contributed by atoms with Gasteiger partial charge in [0.05, 0.1) is 5.69 Å². The van der Waals surface area contributed by atoms with Crippen molar-refractivity contribution in [1.29, 1.82) is 0 Å². The van der Waals surface area contributed by atoms with Crippen LogP contribution in [0.5, 0.6) is 0 Å². The zero-order valence-electron chi connectivity index (χ0n) is 21.0. The fraction of sp³-hybridized carbons (Fsp3) is 0.483. The predicted molar refractivity (Wildman–Crippen MR) is 139 cm³/mol. The Morgan fingerprint density at radius 1 is 0.839 bits per heavy atom. The van der Waals surface area contributed by atoms with E-state index in [-0.39, 0.29) is 5.41 Å². The van der Waals surface area contributed by atoms with Crippen molar-refractivity contribution >= 4 is 17.2 Å². The first-order valence-corrected chi connectivity index (χ1v) is 11.8. The molecule has 2 heteroatoms. The molecule has 2 aromatic rings. The number of hydrogen-bond acceptors (Lipinski definition) is 1. The molecule has 0 unspecified atom stereocenters. The summed E-state index contributed by atoms with van der Waals surface area (Å²) in [7, 11) is 0. The molecular weight excluding hydrogens is 376 g/mol. The third kappa shape index (κ3) is 6.56. The van der Waals surface area contributed by atoms with E-state index in [1.54, 1.807) is 0 Å². The van der Waals surface area contributed by atoms with Gasteiger partial charge in [-0.2, -0.15) is 0 Å². The van der Waals surface area contributed by atoms with Crippen LogP contribution in [-0.2, 0) is 0 Å². The maximum absolute atomic E-state index is 5.12. The molecule has 2 rings (SSSR count). The van der Waals surface area contributed by atoms with Gasteiger partial charge >= 0.3 is 0 Å². The molecule has 0 saturated carbocycles. The number of nitrogens with zero attached hydrogens (tertiary/aromatic N) is 1. The molecule has 31 heavy (non-hydrogen) atoms. The van der Waals surface area contributed by atoms with E-state index in [0.29, 0.717) is 23.7 Å².